The van der Waals surface area contributed by atoms with E-state index >= 15 is 0 Å². The first-order valence-corrected chi connectivity index (χ1v) is 8.37. The summed E-state index contributed by atoms with van der Waals surface area (Å²) in [7, 11) is 0. The van der Waals surface area contributed by atoms with E-state index in [0.717, 1.165) is 19.0 Å². The molecule has 0 radical (unpaired) electrons. The van der Waals surface area contributed by atoms with Gasteiger partial charge in [-0.1, -0.05) is 44.2 Å². The standard InChI is InChI=1S/C18H23NS/c1-18(2,17-8-5-11-20-17)13-19-12-15-6-3-4-7-16(15)14-9-10-14/h3-8,11,14,19H,9-10,12-13H2,1-2H3. The Bertz CT molecular complexity index is 553. The normalized spacial score (nSPS) is 15.5. The molecule has 2 heteroatoms. The van der Waals surface area contributed by atoms with Gasteiger partial charge >= 0.3 is 0 Å². The molecule has 1 saturated carbocycles. The van der Waals surface area contributed by atoms with Gasteiger partial charge in [0.1, 0.15) is 0 Å². The first kappa shape index (κ1) is 13.8. The third-order valence-electron chi connectivity index (χ3n) is 4.14. The fraction of sp³-hybridized carbons (Fsp3) is 0.444. The molecule has 0 bridgehead atoms. The second-order valence-corrected chi connectivity index (χ2v) is 7.39. The molecule has 0 amide bonds. The molecule has 1 aromatic heterocycles. The molecule has 1 aliphatic carbocycles. The third kappa shape index (κ3) is 3.13. The van der Waals surface area contributed by atoms with Crippen LogP contribution in [-0.4, -0.2) is 6.54 Å². The molecule has 1 N–H and O–H groups in total. The van der Waals surface area contributed by atoms with Crippen molar-refractivity contribution in [1.29, 1.82) is 0 Å². The summed E-state index contributed by atoms with van der Waals surface area (Å²) in [5.41, 5.74) is 3.26. The lowest BCUT2D eigenvalue weighted by Crippen LogP contribution is -2.32. The van der Waals surface area contributed by atoms with Crippen molar-refractivity contribution >= 4 is 11.3 Å². The van der Waals surface area contributed by atoms with Crippen molar-refractivity contribution in [2.24, 2.45) is 0 Å². The minimum Gasteiger partial charge on any atom is -0.312 e. The molecule has 3 rings (SSSR count). The highest BCUT2D eigenvalue weighted by Crippen LogP contribution is 2.41. The maximum Gasteiger partial charge on any atom is 0.0208 e. The molecule has 1 aliphatic rings. The first-order valence-electron chi connectivity index (χ1n) is 7.49. The van der Waals surface area contributed by atoms with Gasteiger partial charge in [-0.25, -0.2) is 0 Å². The van der Waals surface area contributed by atoms with Crippen LogP contribution in [0.1, 0.15) is 48.6 Å². The largest absolute Gasteiger partial charge is 0.312 e. The van der Waals surface area contributed by atoms with E-state index in [0.29, 0.717) is 0 Å². The van der Waals surface area contributed by atoms with Gasteiger partial charge in [-0.2, -0.15) is 0 Å². The van der Waals surface area contributed by atoms with Crippen LogP contribution in [0.2, 0.25) is 0 Å². The number of hydrogen-bond donors (Lipinski definition) is 1. The maximum absolute atomic E-state index is 3.66. The predicted molar refractivity (Wildman–Crippen MR) is 87.5 cm³/mol. The van der Waals surface area contributed by atoms with E-state index in [1.54, 1.807) is 5.56 Å². The zero-order valence-electron chi connectivity index (χ0n) is 12.4. The van der Waals surface area contributed by atoms with E-state index in [1.807, 2.05) is 11.3 Å². The van der Waals surface area contributed by atoms with E-state index in [-0.39, 0.29) is 5.41 Å². The molecular weight excluding hydrogens is 262 g/mol. The molecular formula is C18H23NS. The zero-order valence-corrected chi connectivity index (χ0v) is 13.2. The summed E-state index contributed by atoms with van der Waals surface area (Å²) in [6, 6.07) is 13.3. The minimum atomic E-state index is 0.211. The van der Waals surface area contributed by atoms with Gasteiger partial charge in [-0.05, 0) is 41.3 Å². The quantitative estimate of drug-likeness (QED) is 0.811. The van der Waals surface area contributed by atoms with Crippen LogP contribution in [-0.2, 0) is 12.0 Å². The van der Waals surface area contributed by atoms with Gasteiger partial charge in [0.05, 0.1) is 0 Å². The summed E-state index contributed by atoms with van der Waals surface area (Å²) in [6.07, 6.45) is 2.75. The highest BCUT2D eigenvalue weighted by Gasteiger charge is 2.26. The molecule has 0 spiro atoms. The summed E-state index contributed by atoms with van der Waals surface area (Å²) in [5.74, 6) is 0.832. The highest BCUT2D eigenvalue weighted by molar-refractivity contribution is 7.10. The summed E-state index contributed by atoms with van der Waals surface area (Å²) < 4.78 is 0. The van der Waals surface area contributed by atoms with Crippen LogP contribution >= 0.6 is 11.3 Å². The summed E-state index contributed by atoms with van der Waals surface area (Å²) in [4.78, 5) is 1.46. The summed E-state index contributed by atoms with van der Waals surface area (Å²) in [6.45, 7) is 6.64. The molecule has 0 saturated heterocycles. The van der Waals surface area contributed by atoms with Crippen LogP contribution in [0.5, 0.6) is 0 Å². The van der Waals surface area contributed by atoms with Crippen LogP contribution in [0.25, 0.3) is 0 Å². The van der Waals surface area contributed by atoms with Crippen LogP contribution in [0.3, 0.4) is 0 Å². The summed E-state index contributed by atoms with van der Waals surface area (Å²) >= 11 is 1.85. The van der Waals surface area contributed by atoms with E-state index in [1.165, 1.54) is 23.3 Å². The van der Waals surface area contributed by atoms with Crippen molar-refractivity contribution in [3.63, 3.8) is 0 Å². The number of nitrogens with one attached hydrogen (secondary N) is 1. The lowest BCUT2D eigenvalue weighted by molar-refractivity contribution is 0.476. The van der Waals surface area contributed by atoms with Gasteiger partial charge < -0.3 is 5.32 Å². The van der Waals surface area contributed by atoms with Gasteiger partial charge in [-0.15, -0.1) is 11.3 Å². The van der Waals surface area contributed by atoms with E-state index in [2.05, 4.69) is 60.9 Å². The summed E-state index contributed by atoms with van der Waals surface area (Å²) in [5, 5.41) is 5.83. The Morgan fingerprint density at radius 3 is 2.65 bits per heavy atom. The lowest BCUT2D eigenvalue weighted by Gasteiger charge is -2.24. The van der Waals surface area contributed by atoms with Gasteiger partial charge in [0, 0.05) is 23.4 Å². The van der Waals surface area contributed by atoms with Crippen LogP contribution in [0.15, 0.2) is 41.8 Å². The highest BCUT2D eigenvalue weighted by atomic mass is 32.1. The van der Waals surface area contributed by atoms with Gasteiger partial charge in [0.25, 0.3) is 0 Å². The monoisotopic (exact) mass is 285 g/mol. The van der Waals surface area contributed by atoms with Crippen molar-refractivity contribution in [2.45, 2.75) is 44.6 Å². The van der Waals surface area contributed by atoms with E-state index in [4.69, 9.17) is 0 Å². The van der Waals surface area contributed by atoms with Crippen molar-refractivity contribution in [3.05, 3.63) is 57.8 Å². The number of hydrogen-bond acceptors (Lipinski definition) is 2. The fourth-order valence-corrected chi connectivity index (χ4v) is 3.60. The topological polar surface area (TPSA) is 12.0 Å². The van der Waals surface area contributed by atoms with Crippen LogP contribution < -0.4 is 5.32 Å². The van der Waals surface area contributed by atoms with Crippen molar-refractivity contribution < 1.29 is 0 Å². The molecule has 0 unspecified atom stereocenters. The fourth-order valence-electron chi connectivity index (χ4n) is 2.75. The first-order chi connectivity index (χ1) is 9.67. The molecule has 1 aromatic carbocycles. The number of thiophene rings is 1. The van der Waals surface area contributed by atoms with Gasteiger partial charge in [0.2, 0.25) is 0 Å². The van der Waals surface area contributed by atoms with Crippen molar-refractivity contribution in [2.75, 3.05) is 6.54 Å². The van der Waals surface area contributed by atoms with Crippen molar-refractivity contribution in [1.82, 2.24) is 5.32 Å². The lowest BCUT2D eigenvalue weighted by atomic mass is 9.91. The number of rotatable bonds is 6. The second kappa shape index (κ2) is 5.71. The Balaban J connectivity index is 1.60. The molecule has 2 aromatic rings. The molecule has 20 heavy (non-hydrogen) atoms. The van der Waals surface area contributed by atoms with Gasteiger partial charge in [0.15, 0.2) is 0 Å². The Kier molecular flexibility index (Phi) is 3.95. The SMILES string of the molecule is CC(C)(CNCc1ccccc1C1CC1)c1cccs1. The second-order valence-electron chi connectivity index (χ2n) is 6.44. The minimum absolute atomic E-state index is 0.211. The van der Waals surface area contributed by atoms with Crippen molar-refractivity contribution in [3.8, 4) is 0 Å². The van der Waals surface area contributed by atoms with Crippen LogP contribution in [0, 0.1) is 0 Å². The van der Waals surface area contributed by atoms with E-state index in [9.17, 15) is 0 Å². The maximum atomic E-state index is 3.66. The molecule has 1 heterocycles. The van der Waals surface area contributed by atoms with Gasteiger partial charge in [-0.3, -0.25) is 0 Å². The Labute approximate surface area is 126 Å². The molecule has 0 aliphatic heterocycles. The average molecular weight is 285 g/mol. The van der Waals surface area contributed by atoms with Crippen LogP contribution in [0.4, 0.5) is 0 Å². The molecule has 106 valence electrons. The average Bonchev–Trinajstić information content (AvgIpc) is 3.12. The third-order valence-corrected chi connectivity index (χ3v) is 5.38. The Morgan fingerprint density at radius 2 is 1.95 bits per heavy atom. The molecule has 0 atom stereocenters. The predicted octanol–water partition coefficient (Wildman–Crippen LogP) is 4.69. The Morgan fingerprint density at radius 1 is 1.15 bits per heavy atom. The van der Waals surface area contributed by atoms with E-state index < -0.39 is 0 Å². The molecule has 1 nitrogen and oxygen atoms in total. The smallest absolute Gasteiger partial charge is 0.0208 e. The Hall–Kier alpha value is -1.12. The molecule has 1 fully saturated rings. The number of benzene rings is 1. The zero-order chi connectivity index (χ0) is 14.0.